The fourth-order valence-electron chi connectivity index (χ4n) is 1.82. The molecule has 0 fully saturated rings. The first-order valence-electron chi connectivity index (χ1n) is 5.57. The zero-order valence-corrected chi connectivity index (χ0v) is 11.1. The predicted octanol–water partition coefficient (Wildman–Crippen LogP) is 4.09. The molecule has 0 heterocycles. The molecule has 0 spiro atoms. The molecule has 0 unspecified atom stereocenters. The van der Waals surface area contributed by atoms with E-state index < -0.39 is 0 Å². The lowest BCUT2D eigenvalue weighted by molar-refractivity contribution is 0.103. The van der Waals surface area contributed by atoms with E-state index in [-0.39, 0.29) is 11.6 Å². The molecule has 0 N–H and O–H groups in total. The summed E-state index contributed by atoms with van der Waals surface area (Å²) in [7, 11) is 0. The Bertz CT molecular complexity index is 593. The number of carbonyl (C=O) groups excluding carboxylic acids is 1. The monoisotopic (exact) mass is 260 g/mol. The molecule has 1 nitrogen and oxygen atoms in total. The molecule has 0 aliphatic heterocycles. The van der Waals surface area contributed by atoms with Crippen LogP contribution in [0.4, 0.5) is 4.39 Å². The lowest BCUT2D eigenvalue weighted by Crippen LogP contribution is -2.05. The average molecular weight is 260 g/mol. The zero-order chi connectivity index (χ0) is 13.1. The van der Waals surface area contributed by atoms with Gasteiger partial charge in [0.25, 0.3) is 0 Å². The summed E-state index contributed by atoms with van der Waals surface area (Å²) in [6.07, 6.45) is 1.92. The first kappa shape index (κ1) is 12.8. The molecule has 0 atom stereocenters. The number of hydrogen-bond donors (Lipinski definition) is 0. The minimum atomic E-state index is -0.384. The van der Waals surface area contributed by atoms with Crippen molar-refractivity contribution in [3.8, 4) is 0 Å². The highest BCUT2D eigenvalue weighted by Gasteiger charge is 2.15. The van der Waals surface area contributed by atoms with Gasteiger partial charge >= 0.3 is 0 Å². The summed E-state index contributed by atoms with van der Waals surface area (Å²) in [5, 5.41) is 0. The van der Waals surface area contributed by atoms with E-state index in [1.807, 2.05) is 31.4 Å². The van der Waals surface area contributed by atoms with Crippen molar-refractivity contribution in [2.24, 2.45) is 0 Å². The van der Waals surface area contributed by atoms with E-state index in [2.05, 4.69) is 0 Å². The molecule has 18 heavy (non-hydrogen) atoms. The fourth-order valence-corrected chi connectivity index (χ4v) is 2.41. The standard InChI is InChI=1S/C15H13FOS/c1-10-7-8-11(16)9-13(10)15(17)12-5-3-4-6-14(12)18-2/h3-9H,1-2H3. The molecular weight excluding hydrogens is 247 g/mol. The number of halogens is 1. The maximum Gasteiger partial charge on any atom is 0.194 e. The van der Waals surface area contributed by atoms with E-state index in [4.69, 9.17) is 0 Å². The van der Waals surface area contributed by atoms with Crippen molar-refractivity contribution in [3.63, 3.8) is 0 Å². The summed E-state index contributed by atoms with van der Waals surface area (Å²) in [4.78, 5) is 13.3. The molecule has 0 aliphatic carbocycles. The minimum Gasteiger partial charge on any atom is -0.289 e. The molecule has 0 bridgehead atoms. The van der Waals surface area contributed by atoms with E-state index in [9.17, 15) is 9.18 Å². The van der Waals surface area contributed by atoms with Crippen LogP contribution in [0.15, 0.2) is 47.4 Å². The van der Waals surface area contributed by atoms with Crippen LogP contribution < -0.4 is 0 Å². The maximum absolute atomic E-state index is 13.2. The lowest BCUT2D eigenvalue weighted by Gasteiger charge is -2.08. The first-order valence-corrected chi connectivity index (χ1v) is 6.80. The molecule has 2 rings (SSSR count). The van der Waals surface area contributed by atoms with Gasteiger partial charge in [-0.15, -0.1) is 11.8 Å². The molecule has 0 aromatic heterocycles. The molecule has 0 radical (unpaired) electrons. The predicted molar refractivity (Wildman–Crippen MR) is 72.8 cm³/mol. The molecule has 2 aromatic carbocycles. The normalized spacial score (nSPS) is 10.4. The van der Waals surface area contributed by atoms with Crippen molar-refractivity contribution < 1.29 is 9.18 Å². The molecule has 0 saturated heterocycles. The van der Waals surface area contributed by atoms with Crippen LogP contribution in [0.2, 0.25) is 0 Å². The van der Waals surface area contributed by atoms with Gasteiger partial charge in [-0.25, -0.2) is 4.39 Å². The quantitative estimate of drug-likeness (QED) is 0.611. The van der Waals surface area contributed by atoms with Crippen molar-refractivity contribution in [3.05, 3.63) is 65.0 Å². The second-order valence-corrected chi connectivity index (χ2v) is 4.84. The van der Waals surface area contributed by atoms with E-state index >= 15 is 0 Å². The summed E-state index contributed by atoms with van der Waals surface area (Å²) in [6.45, 7) is 1.81. The Balaban J connectivity index is 2.51. The molecule has 0 saturated carbocycles. The van der Waals surface area contributed by atoms with Crippen LogP contribution in [0.3, 0.4) is 0 Å². The van der Waals surface area contributed by atoms with E-state index in [0.717, 1.165) is 10.5 Å². The van der Waals surface area contributed by atoms with Crippen LogP contribution in [0.5, 0.6) is 0 Å². The van der Waals surface area contributed by atoms with Crippen LogP contribution in [0, 0.1) is 12.7 Å². The Morgan fingerprint density at radius 1 is 1.11 bits per heavy atom. The summed E-state index contributed by atoms with van der Waals surface area (Å²) in [6, 6.07) is 11.7. The Kier molecular flexibility index (Phi) is 3.82. The lowest BCUT2D eigenvalue weighted by atomic mass is 9.99. The van der Waals surface area contributed by atoms with E-state index in [0.29, 0.717) is 11.1 Å². The zero-order valence-electron chi connectivity index (χ0n) is 10.2. The summed E-state index contributed by atoms with van der Waals surface area (Å²) < 4.78 is 13.2. The fraction of sp³-hybridized carbons (Fsp3) is 0.133. The Morgan fingerprint density at radius 3 is 2.56 bits per heavy atom. The van der Waals surface area contributed by atoms with E-state index in [1.165, 1.54) is 23.9 Å². The van der Waals surface area contributed by atoms with Crippen LogP contribution >= 0.6 is 11.8 Å². The highest BCUT2D eigenvalue weighted by molar-refractivity contribution is 7.98. The number of benzene rings is 2. The van der Waals surface area contributed by atoms with Crippen LogP contribution in [0.1, 0.15) is 21.5 Å². The van der Waals surface area contributed by atoms with Crippen LogP contribution in [0.25, 0.3) is 0 Å². The van der Waals surface area contributed by atoms with Gasteiger partial charge in [-0.2, -0.15) is 0 Å². The molecule has 0 aliphatic rings. The molecule has 3 heteroatoms. The van der Waals surface area contributed by atoms with Gasteiger partial charge in [0.05, 0.1) is 0 Å². The van der Waals surface area contributed by atoms with Gasteiger partial charge in [-0.05, 0) is 43.0 Å². The third-order valence-corrected chi connectivity index (χ3v) is 3.59. The third kappa shape index (κ3) is 2.46. The van der Waals surface area contributed by atoms with Crippen molar-refractivity contribution in [1.29, 1.82) is 0 Å². The number of carbonyl (C=O) groups is 1. The smallest absolute Gasteiger partial charge is 0.194 e. The van der Waals surface area contributed by atoms with Crippen molar-refractivity contribution in [2.45, 2.75) is 11.8 Å². The largest absolute Gasteiger partial charge is 0.289 e. The number of aryl methyl sites for hydroxylation is 1. The van der Waals surface area contributed by atoms with Crippen LogP contribution in [-0.2, 0) is 0 Å². The number of hydrogen-bond acceptors (Lipinski definition) is 2. The number of ketones is 1. The van der Waals surface area contributed by atoms with Crippen molar-refractivity contribution >= 4 is 17.5 Å². The van der Waals surface area contributed by atoms with Crippen molar-refractivity contribution in [2.75, 3.05) is 6.26 Å². The topological polar surface area (TPSA) is 17.1 Å². The second kappa shape index (κ2) is 5.36. The molecule has 2 aromatic rings. The first-order chi connectivity index (χ1) is 8.63. The Labute approximate surface area is 110 Å². The Hall–Kier alpha value is -1.61. The number of thioether (sulfide) groups is 1. The minimum absolute atomic E-state index is 0.128. The highest BCUT2D eigenvalue weighted by Crippen LogP contribution is 2.24. The third-order valence-electron chi connectivity index (χ3n) is 2.80. The van der Waals surface area contributed by atoms with Gasteiger partial charge in [-0.3, -0.25) is 4.79 Å². The number of rotatable bonds is 3. The molecular formula is C15H13FOS. The van der Waals surface area contributed by atoms with Gasteiger partial charge in [0.15, 0.2) is 5.78 Å². The maximum atomic E-state index is 13.2. The molecule has 0 amide bonds. The SMILES string of the molecule is CSc1ccccc1C(=O)c1cc(F)ccc1C. The van der Waals surface area contributed by atoms with Gasteiger partial charge in [0.1, 0.15) is 5.82 Å². The van der Waals surface area contributed by atoms with Crippen LogP contribution in [-0.4, -0.2) is 12.0 Å². The van der Waals surface area contributed by atoms with Gasteiger partial charge in [-0.1, -0.05) is 18.2 Å². The summed E-state index contributed by atoms with van der Waals surface area (Å²) in [5.74, 6) is -0.512. The van der Waals surface area contributed by atoms with E-state index in [1.54, 1.807) is 12.1 Å². The van der Waals surface area contributed by atoms with Gasteiger partial charge in [0, 0.05) is 16.0 Å². The Morgan fingerprint density at radius 2 is 1.83 bits per heavy atom. The van der Waals surface area contributed by atoms with Crippen molar-refractivity contribution in [1.82, 2.24) is 0 Å². The second-order valence-electron chi connectivity index (χ2n) is 3.99. The molecule has 92 valence electrons. The van der Waals surface area contributed by atoms with Gasteiger partial charge in [0.2, 0.25) is 0 Å². The summed E-state index contributed by atoms with van der Waals surface area (Å²) >= 11 is 1.51. The average Bonchev–Trinajstić information content (AvgIpc) is 2.40. The summed E-state index contributed by atoms with van der Waals surface area (Å²) in [5.41, 5.74) is 1.84. The van der Waals surface area contributed by atoms with Gasteiger partial charge < -0.3 is 0 Å². The highest BCUT2D eigenvalue weighted by atomic mass is 32.2.